The number of nitrogens with one attached hydrogen (secondary N) is 1. The molecule has 0 aromatic carbocycles. The Morgan fingerprint density at radius 3 is 2.58 bits per heavy atom. The first-order valence-electron chi connectivity index (χ1n) is 7.52. The Balaban J connectivity index is 2.28. The highest BCUT2D eigenvalue weighted by molar-refractivity contribution is 5.71. The molecule has 0 aliphatic carbocycles. The first-order valence-corrected chi connectivity index (χ1v) is 7.52. The Morgan fingerprint density at radius 2 is 2.04 bits per heavy atom. The van der Waals surface area contributed by atoms with E-state index in [2.05, 4.69) is 4.98 Å². The van der Waals surface area contributed by atoms with Crippen molar-refractivity contribution in [2.24, 2.45) is 5.92 Å². The number of nitrogens with zero attached hydrogens (tertiary/aromatic N) is 3. The fraction of sp³-hybridized carbons (Fsp3) is 0.615. The number of H-pyrrole nitrogens is 1. The van der Waals surface area contributed by atoms with E-state index in [0.717, 1.165) is 0 Å². The molecule has 3 rings (SSSR count). The molecule has 0 bridgehead atoms. The van der Waals surface area contributed by atoms with Gasteiger partial charge in [-0.3, -0.25) is 14.3 Å². The topological polar surface area (TPSA) is 128 Å². The van der Waals surface area contributed by atoms with E-state index < -0.39 is 72.1 Å². The molecule has 0 radical (unpaired) electrons. The van der Waals surface area contributed by atoms with E-state index >= 15 is 0 Å². The number of aliphatic hydroxyl groups is 1. The van der Waals surface area contributed by atoms with Crippen molar-refractivity contribution in [3.8, 4) is 0 Å². The van der Waals surface area contributed by atoms with Crippen molar-refractivity contribution < 1.29 is 27.4 Å². The van der Waals surface area contributed by atoms with Crippen molar-refractivity contribution in [3.63, 3.8) is 0 Å². The zero-order chi connectivity index (χ0) is 19.4. The monoisotopic (exact) mass is 381 g/mol. The summed E-state index contributed by atoms with van der Waals surface area (Å²) in [6.07, 6.45) is -9.09. The molecule has 3 heterocycles. The highest BCUT2D eigenvalue weighted by Crippen LogP contribution is 2.37. The minimum atomic E-state index is -4.80. The number of aromatic nitrogens is 4. The van der Waals surface area contributed by atoms with Gasteiger partial charge in [0, 0.05) is 5.92 Å². The molecule has 0 spiro atoms. The van der Waals surface area contributed by atoms with Crippen molar-refractivity contribution >= 4 is 17.1 Å². The zero-order valence-electron chi connectivity index (χ0n) is 13.3. The maximum Gasteiger partial charge on any atom is 0.406 e. The van der Waals surface area contributed by atoms with Crippen molar-refractivity contribution in [3.05, 3.63) is 20.8 Å². The van der Waals surface area contributed by atoms with Gasteiger partial charge < -0.3 is 15.6 Å². The van der Waals surface area contributed by atoms with Crippen LogP contribution in [0.15, 0.2) is 9.59 Å². The number of rotatable bonds is 3. The lowest BCUT2D eigenvalue weighted by Crippen LogP contribution is -2.33. The molecule has 0 unspecified atom stereocenters. The molecule has 1 aliphatic rings. The molecule has 144 valence electrons. The molecule has 1 fully saturated rings. The number of hydrogen-bond donors (Lipinski definition) is 3. The molecule has 1 saturated heterocycles. The van der Waals surface area contributed by atoms with Crippen LogP contribution in [0.5, 0.6) is 0 Å². The van der Waals surface area contributed by atoms with Crippen LogP contribution in [0.1, 0.15) is 13.2 Å². The minimum Gasteiger partial charge on any atom is -0.394 e. The molecule has 2 aromatic rings. The Bertz CT molecular complexity index is 949. The van der Waals surface area contributed by atoms with Crippen LogP contribution in [0.25, 0.3) is 11.2 Å². The number of imidazole rings is 1. The SMILES string of the molecule is C[C@@H]1[C@H](F)[C@@H](CO)O[C@H]1n1c(=O)n(CC(F)(F)F)c2c(=O)[nH]c(N)nc21. The van der Waals surface area contributed by atoms with Gasteiger partial charge in [-0.1, -0.05) is 6.92 Å². The summed E-state index contributed by atoms with van der Waals surface area (Å²) in [5.41, 5.74) is 2.02. The first-order chi connectivity index (χ1) is 12.0. The van der Waals surface area contributed by atoms with Crippen LogP contribution in [0.4, 0.5) is 23.5 Å². The van der Waals surface area contributed by atoms with E-state index in [1.807, 2.05) is 4.98 Å². The van der Waals surface area contributed by atoms with Gasteiger partial charge in [0.25, 0.3) is 5.56 Å². The van der Waals surface area contributed by atoms with E-state index in [9.17, 15) is 27.2 Å². The fourth-order valence-corrected chi connectivity index (χ4v) is 3.07. The second-order valence-electron chi connectivity index (χ2n) is 6.03. The molecule has 9 nitrogen and oxygen atoms in total. The van der Waals surface area contributed by atoms with Gasteiger partial charge in [0.05, 0.1) is 6.61 Å². The number of alkyl halides is 4. The average Bonchev–Trinajstić information content (AvgIpc) is 2.94. The summed E-state index contributed by atoms with van der Waals surface area (Å²) in [6, 6.07) is 0. The van der Waals surface area contributed by atoms with Crippen molar-refractivity contribution in [1.29, 1.82) is 0 Å². The first kappa shape index (κ1) is 18.4. The maximum absolute atomic E-state index is 14.2. The van der Waals surface area contributed by atoms with Crippen LogP contribution in [-0.2, 0) is 11.3 Å². The number of halogens is 4. The highest BCUT2D eigenvalue weighted by Gasteiger charge is 2.45. The number of anilines is 1. The van der Waals surface area contributed by atoms with Gasteiger partial charge in [-0.25, -0.2) is 13.8 Å². The Labute approximate surface area is 142 Å². The van der Waals surface area contributed by atoms with Crippen LogP contribution >= 0.6 is 0 Å². The summed E-state index contributed by atoms with van der Waals surface area (Å²) in [4.78, 5) is 30.4. The smallest absolute Gasteiger partial charge is 0.394 e. The fourth-order valence-electron chi connectivity index (χ4n) is 3.07. The lowest BCUT2D eigenvalue weighted by molar-refractivity contribution is -0.140. The molecular formula is C13H15F4N5O4. The van der Waals surface area contributed by atoms with E-state index in [0.29, 0.717) is 4.57 Å². The summed E-state index contributed by atoms with van der Waals surface area (Å²) < 4.78 is 58.9. The van der Waals surface area contributed by atoms with Crippen molar-refractivity contribution in [2.45, 2.75) is 38.1 Å². The molecule has 13 heteroatoms. The molecule has 0 amide bonds. The molecule has 26 heavy (non-hydrogen) atoms. The molecule has 0 saturated carbocycles. The van der Waals surface area contributed by atoms with Crippen LogP contribution in [0.3, 0.4) is 0 Å². The third kappa shape index (κ3) is 2.86. The summed E-state index contributed by atoms with van der Waals surface area (Å²) >= 11 is 0. The number of hydrogen-bond acceptors (Lipinski definition) is 6. The Morgan fingerprint density at radius 1 is 1.38 bits per heavy atom. The predicted molar refractivity (Wildman–Crippen MR) is 80.1 cm³/mol. The van der Waals surface area contributed by atoms with Gasteiger partial charge in [0.2, 0.25) is 5.95 Å². The standard InChI is InChI=1S/C13H15F4N5O4/c1-4-6(14)5(2-23)26-10(4)22-8-7(9(24)20-11(18)19-8)21(12(22)25)3-13(15,16)17/h4-6,10,23H,2-3H2,1H3,(H3,18,19,20,24)/t4-,5-,6+,10-/m1/s1. The summed E-state index contributed by atoms with van der Waals surface area (Å²) in [5, 5.41) is 9.15. The third-order valence-electron chi connectivity index (χ3n) is 4.22. The summed E-state index contributed by atoms with van der Waals surface area (Å²) in [5.74, 6) is -1.42. The maximum atomic E-state index is 14.2. The van der Waals surface area contributed by atoms with Crippen LogP contribution in [0, 0.1) is 5.92 Å². The number of fused-ring (bicyclic) bond motifs is 1. The second-order valence-corrected chi connectivity index (χ2v) is 6.03. The highest BCUT2D eigenvalue weighted by atomic mass is 19.4. The summed E-state index contributed by atoms with van der Waals surface area (Å²) in [7, 11) is 0. The van der Waals surface area contributed by atoms with Crippen molar-refractivity contribution in [1.82, 2.24) is 19.1 Å². The number of ether oxygens (including phenoxy) is 1. The molecule has 4 N–H and O–H groups in total. The molecule has 4 atom stereocenters. The third-order valence-corrected chi connectivity index (χ3v) is 4.22. The number of aromatic amines is 1. The van der Waals surface area contributed by atoms with E-state index in [1.165, 1.54) is 6.92 Å². The molecular weight excluding hydrogens is 366 g/mol. The zero-order valence-corrected chi connectivity index (χ0v) is 13.3. The molecule has 2 aromatic heterocycles. The van der Waals surface area contributed by atoms with E-state index in [4.69, 9.17) is 15.6 Å². The van der Waals surface area contributed by atoms with E-state index in [1.54, 1.807) is 0 Å². The number of aliphatic hydroxyl groups excluding tert-OH is 1. The van der Waals surface area contributed by atoms with Crippen LogP contribution in [-0.4, -0.2) is 49.3 Å². The van der Waals surface area contributed by atoms with Crippen LogP contribution in [0.2, 0.25) is 0 Å². The number of nitrogens with two attached hydrogens (primary N) is 1. The minimum absolute atomic E-state index is 0.191. The second kappa shape index (κ2) is 6.09. The Hall–Kier alpha value is -2.41. The lowest BCUT2D eigenvalue weighted by atomic mass is 10.0. The largest absolute Gasteiger partial charge is 0.406 e. The van der Waals surface area contributed by atoms with Gasteiger partial charge >= 0.3 is 11.9 Å². The molecule has 1 aliphatic heterocycles. The van der Waals surface area contributed by atoms with Gasteiger partial charge in [0.15, 0.2) is 11.2 Å². The van der Waals surface area contributed by atoms with Gasteiger partial charge in [0.1, 0.15) is 25.0 Å². The lowest BCUT2D eigenvalue weighted by Gasteiger charge is -2.16. The summed E-state index contributed by atoms with van der Waals surface area (Å²) in [6.45, 7) is -1.07. The predicted octanol–water partition coefficient (Wildman–Crippen LogP) is -0.105. The van der Waals surface area contributed by atoms with Gasteiger partial charge in [-0.2, -0.15) is 18.2 Å². The van der Waals surface area contributed by atoms with Crippen molar-refractivity contribution in [2.75, 3.05) is 12.3 Å². The van der Waals surface area contributed by atoms with Gasteiger partial charge in [-0.05, 0) is 0 Å². The Kier molecular flexibility index (Phi) is 4.30. The van der Waals surface area contributed by atoms with Crippen LogP contribution < -0.4 is 17.0 Å². The quantitative estimate of drug-likeness (QED) is 0.637. The van der Waals surface area contributed by atoms with Gasteiger partial charge in [-0.15, -0.1) is 0 Å². The normalized spacial score (nSPS) is 26.7. The van der Waals surface area contributed by atoms with E-state index in [-0.39, 0.29) is 4.57 Å². The number of nitrogen functional groups attached to an aromatic ring is 1. The average molecular weight is 381 g/mol.